The molecule has 0 saturated carbocycles. The van der Waals surface area contributed by atoms with Crippen LogP contribution >= 0.6 is 0 Å². The number of nitrogens with one attached hydrogen (secondary N) is 1. The highest BCUT2D eigenvalue weighted by molar-refractivity contribution is 5.98. The van der Waals surface area contributed by atoms with Crippen LogP contribution in [-0.4, -0.2) is 38.7 Å². The maximum atomic E-state index is 12.8. The van der Waals surface area contributed by atoms with E-state index in [0.717, 1.165) is 28.8 Å². The topological polar surface area (TPSA) is 63.1 Å². The Morgan fingerprint density at radius 2 is 1.74 bits per heavy atom. The second kappa shape index (κ2) is 9.60. The Labute approximate surface area is 184 Å². The average molecular weight is 420 g/mol. The van der Waals surface area contributed by atoms with Gasteiger partial charge >= 0.3 is 0 Å². The molecule has 1 fully saturated rings. The van der Waals surface area contributed by atoms with Crippen LogP contribution in [0.3, 0.4) is 0 Å². The summed E-state index contributed by atoms with van der Waals surface area (Å²) in [5, 5.41) is 8.34. The lowest BCUT2D eigenvalue weighted by Crippen LogP contribution is -2.24. The van der Waals surface area contributed by atoms with Crippen LogP contribution in [0.25, 0.3) is 11.0 Å². The summed E-state index contributed by atoms with van der Waals surface area (Å²) in [7, 11) is 0. The Morgan fingerprint density at radius 1 is 1.06 bits per heavy atom. The first kappa shape index (κ1) is 21.5. The highest BCUT2D eigenvalue weighted by Gasteiger charge is 2.15. The second-order valence-corrected chi connectivity index (χ2v) is 8.91. The van der Waals surface area contributed by atoms with Crippen molar-refractivity contribution in [2.75, 3.05) is 13.1 Å². The Morgan fingerprint density at radius 3 is 2.42 bits per heavy atom. The molecule has 6 nitrogen and oxygen atoms in total. The number of carbonyl (C=O) groups is 1. The van der Waals surface area contributed by atoms with Gasteiger partial charge in [0.25, 0.3) is 5.91 Å². The van der Waals surface area contributed by atoms with Gasteiger partial charge in [0, 0.05) is 24.5 Å². The molecule has 1 amide bonds. The number of nitrogens with zero attached hydrogens (tertiary/aromatic N) is 4. The summed E-state index contributed by atoms with van der Waals surface area (Å²) in [5.41, 5.74) is 4.59. The molecule has 1 saturated heterocycles. The van der Waals surface area contributed by atoms with Gasteiger partial charge in [0.15, 0.2) is 5.65 Å². The van der Waals surface area contributed by atoms with Crippen molar-refractivity contribution in [3.8, 4) is 0 Å². The summed E-state index contributed by atoms with van der Waals surface area (Å²) in [6.45, 7) is 9.95. The number of rotatable bonds is 6. The van der Waals surface area contributed by atoms with E-state index in [1.165, 1.54) is 44.3 Å². The lowest BCUT2D eigenvalue weighted by Gasteiger charge is -2.19. The predicted octanol–water partition coefficient (Wildman–Crippen LogP) is 4.63. The van der Waals surface area contributed by atoms with Crippen LogP contribution in [0.4, 0.5) is 0 Å². The van der Waals surface area contributed by atoms with E-state index in [-0.39, 0.29) is 11.9 Å². The summed E-state index contributed by atoms with van der Waals surface area (Å²) in [5.74, 6) is -0.0992. The second-order valence-electron chi connectivity index (χ2n) is 8.91. The number of likely N-dealkylation sites (tertiary alicyclic amines) is 1. The molecule has 0 unspecified atom stereocenters. The van der Waals surface area contributed by atoms with E-state index in [4.69, 9.17) is 0 Å². The van der Waals surface area contributed by atoms with Crippen molar-refractivity contribution in [2.24, 2.45) is 0 Å². The van der Waals surface area contributed by atoms with Crippen molar-refractivity contribution >= 4 is 16.9 Å². The molecule has 0 bridgehead atoms. The molecule has 3 heterocycles. The number of fused-ring (bicyclic) bond motifs is 1. The first-order valence-electron chi connectivity index (χ1n) is 11.4. The zero-order chi connectivity index (χ0) is 21.8. The molecule has 31 heavy (non-hydrogen) atoms. The van der Waals surface area contributed by atoms with E-state index in [1.54, 1.807) is 6.20 Å². The molecular formula is C25H33N5O. The molecule has 2 aromatic heterocycles. The molecular weight excluding hydrogens is 386 g/mol. The van der Waals surface area contributed by atoms with Crippen LogP contribution in [0.5, 0.6) is 0 Å². The molecule has 1 aliphatic heterocycles. The molecule has 3 aromatic rings. The van der Waals surface area contributed by atoms with E-state index < -0.39 is 0 Å². The fraction of sp³-hybridized carbons (Fsp3) is 0.480. The Hall–Kier alpha value is -2.73. The van der Waals surface area contributed by atoms with Crippen molar-refractivity contribution in [1.29, 1.82) is 0 Å². The van der Waals surface area contributed by atoms with Crippen molar-refractivity contribution in [1.82, 2.24) is 25.0 Å². The zero-order valence-corrected chi connectivity index (χ0v) is 18.9. The first-order valence-corrected chi connectivity index (χ1v) is 11.4. The van der Waals surface area contributed by atoms with E-state index in [1.807, 2.05) is 17.7 Å². The summed E-state index contributed by atoms with van der Waals surface area (Å²) >= 11 is 0. The minimum absolute atomic E-state index is 0.0992. The van der Waals surface area contributed by atoms with E-state index in [9.17, 15) is 4.79 Å². The molecule has 0 radical (unpaired) electrons. The number of carbonyl (C=O) groups excluding carboxylic acids is 1. The van der Waals surface area contributed by atoms with Gasteiger partial charge in [-0.15, -0.1) is 0 Å². The SMILES string of the molecule is Cc1nc2c(cnn2C(C)C)cc1C(=O)NCc1ccc(CN2CCCCCC2)cc1. The molecule has 1 aromatic carbocycles. The smallest absolute Gasteiger partial charge is 0.253 e. The number of benzene rings is 1. The van der Waals surface area contributed by atoms with E-state index in [2.05, 4.69) is 58.4 Å². The van der Waals surface area contributed by atoms with E-state index in [0.29, 0.717) is 12.1 Å². The summed E-state index contributed by atoms with van der Waals surface area (Å²) in [6.07, 6.45) is 7.11. The van der Waals surface area contributed by atoms with Gasteiger partial charge in [-0.2, -0.15) is 5.10 Å². The number of aromatic nitrogens is 3. The van der Waals surface area contributed by atoms with Crippen molar-refractivity contribution in [3.63, 3.8) is 0 Å². The maximum absolute atomic E-state index is 12.8. The number of pyridine rings is 1. The Bertz CT molecular complexity index is 1030. The van der Waals surface area contributed by atoms with E-state index >= 15 is 0 Å². The normalized spacial score (nSPS) is 15.4. The fourth-order valence-electron chi connectivity index (χ4n) is 4.27. The first-order chi connectivity index (χ1) is 15.0. The van der Waals surface area contributed by atoms with Gasteiger partial charge in [0.2, 0.25) is 0 Å². The van der Waals surface area contributed by atoms with Crippen LogP contribution in [-0.2, 0) is 13.1 Å². The molecule has 1 aliphatic rings. The van der Waals surface area contributed by atoms with Crippen LogP contribution in [0.2, 0.25) is 0 Å². The van der Waals surface area contributed by atoms with Crippen LogP contribution < -0.4 is 5.32 Å². The van der Waals surface area contributed by atoms with Gasteiger partial charge < -0.3 is 5.32 Å². The van der Waals surface area contributed by atoms with Crippen molar-refractivity contribution in [3.05, 3.63) is 58.9 Å². The zero-order valence-electron chi connectivity index (χ0n) is 18.9. The summed E-state index contributed by atoms with van der Waals surface area (Å²) in [6, 6.07) is 10.7. The van der Waals surface area contributed by atoms with Crippen LogP contribution in [0.1, 0.15) is 72.8 Å². The van der Waals surface area contributed by atoms with Crippen LogP contribution in [0, 0.1) is 6.92 Å². The Balaban J connectivity index is 1.37. The fourth-order valence-corrected chi connectivity index (χ4v) is 4.27. The lowest BCUT2D eigenvalue weighted by molar-refractivity contribution is 0.0950. The number of amides is 1. The molecule has 0 spiro atoms. The number of hydrogen-bond donors (Lipinski definition) is 1. The molecule has 1 N–H and O–H groups in total. The van der Waals surface area contributed by atoms with Gasteiger partial charge in [-0.1, -0.05) is 37.1 Å². The standard InChI is InChI=1S/C25H33N5O/c1-18(2)30-24-22(16-27-30)14-23(19(3)28-24)25(31)26-15-20-8-10-21(11-9-20)17-29-12-6-4-5-7-13-29/h8-11,14,16,18H,4-7,12-13,15,17H2,1-3H3,(H,26,31). The monoisotopic (exact) mass is 419 g/mol. The number of hydrogen-bond acceptors (Lipinski definition) is 4. The van der Waals surface area contributed by atoms with Gasteiger partial charge in [0.1, 0.15) is 0 Å². The highest BCUT2D eigenvalue weighted by Crippen LogP contribution is 2.19. The lowest BCUT2D eigenvalue weighted by atomic mass is 10.1. The minimum atomic E-state index is -0.0992. The van der Waals surface area contributed by atoms with Crippen molar-refractivity contribution < 1.29 is 4.79 Å². The molecule has 6 heteroatoms. The molecule has 0 atom stereocenters. The van der Waals surface area contributed by atoms with Crippen LogP contribution in [0.15, 0.2) is 36.5 Å². The third-order valence-corrected chi connectivity index (χ3v) is 6.07. The van der Waals surface area contributed by atoms with Gasteiger partial charge in [-0.25, -0.2) is 9.67 Å². The third-order valence-electron chi connectivity index (χ3n) is 6.07. The Kier molecular flexibility index (Phi) is 6.66. The van der Waals surface area contributed by atoms with Crippen molar-refractivity contribution in [2.45, 2.75) is 65.6 Å². The highest BCUT2D eigenvalue weighted by atomic mass is 16.1. The molecule has 0 aliphatic carbocycles. The molecule has 164 valence electrons. The molecule has 4 rings (SSSR count). The maximum Gasteiger partial charge on any atom is 0.253 e. The minimum Gasteiger partial charge on any atom is -0.348 e. The summed E-state index contributed by atoms with van der Waals surface area (Å²) in [4.78, 5) is 20.0. The third kappa shape index (κ3) is 5.13. The largest absolute Gasteiger partial charge is 0.348 e. The quantitative estimate of drug-likeness (QED) is 0.633. The average Bonchev–Trinajstić information content (AvgIpc) is 2.99. The number of aryl methyl sites for hydroxylation is 1. The van der Waals surface area contributed by atoms with Gasteiger partial charge in [-0.05, 0) is 63.9 Å². The summed E-state index contributed by atoms with van der Waals surface area (Å²) < 4.78 is 1.89. The van der Waals surface area contributed by atoms with Gasteiger partial charge in [0.05, 0.1) is 17.5 Å². The van der Waals surface area contributed by atoms with Gasteiger partial charge in [-0.3, -0.25) is 9.69 Å². The predicted molar refractivity (Wildman–Crippen MR) is 124 cm³/mol.